The molecule has 4 heteroatoms. The maximum Gasteiger partial charge on any atom is 0.255 e. The lowest BCUT2D eigenvalue weighted by atomic mass is 10.1. The van der Waals surface area contributed by atoms with Crippen LogP contribution in [-0.2, 0) is 0 Å². The fraction of sp³-hybridized carbons (Fsp3) is 0.0526. The van der Waals surface area contributed by atoms with E-state index in [1.807, 2.05) is 66.7 Å². The van der Waals surface area contributed by atoms with Crippen molar-refractivity contribution in [3.05, 3.63) is 72.3 Å². The highest BCUT2D eigenvalue weighted by molar-refractivity contribution is 7.99. The van der Waals surface area contributed by atoms with Crippen LogP contribution in [-0.4, -0.2) is 11.7 Å². The van der Waals surface area contributed by atoms with Crippen LogP contribution in [0.5, 0.6) is 0 Å². The molecule has 0 saturated carbocycles. The number of benzene rings is 3. The van der Waals surface area contributed by atoms with Gasteiger partial charge in [0.15, 0.2) is 0 Å². The molecule has 0 unspecified atom stereocenters. The van der Waals surface area contributed by atoms with Gasteiger partial charge in [-0.3, -0.25) is 4.79 Å². The molecular weight excluding hydrogens is 304 g/mol. The van der Waals surface area contributed by atoms with E-state index in [-0.39, 0.29) is 5.91 Å². The summed E-state index contributed by atoms with van der Waals surface area (Å²) in [6.45, 7) is 0. The van der Waals surface area contributed by atoms with E-state index in [1.54, 1.807) is 0 Å². The fourth-order valence-corrected chi connectivity index (χ4v) is 2.93. The van der Waals surface area contributed by atoms with Crippen molar-refractivity contribution in [2.75, 3.05) is 11.1 Å². The second-order valence-electron chi connectivity index (χ2n) is 4.99. The lowest BCUT2D eigenvalue weighted by molar-refractivity contribution is 0.102. The summed E-state index contributed by atoms with van der Waals surface area (Å²) in [5.41, 5.74) is 1.35. The Morgan fingerprint density at radius 3 is 2.65 bits per heavy atom. The zero-order chi connectivity index (χ0) is 16.1. The Morgan fingerprint density at radius 1 is 1.00 bits per heavy atom. The Labute approximate surface area is 138 Å². The first-order valence-electron chi connectivity index (χ1n) is 7.16. The average Bonchev–Trinajstić information content (AvgIpc) is 2.60. The first-order chi connectivity index (χ1) is 11.3. The highest BCUT2D eigenvalue weighted by atomic mass is 32.2. The largest absolute Gasteiger partial charge is 0.322 e. The molecule has 112 valence electrons. The van der Waals surface area contributed by atoms with E-state index in [1.165, 1.54) is 11.8 Å². The molecule has 3 aromatic carbocycles. The Balaban J connectivity index is 1.79. The zero-order valence-electron chi connectivity index (χ0n) is 12.3. The average molecular weight is 318 g/mol. The predicted molar refractivity (Wildman–Crippen MR) is 94.7 cm³/mol. The molecule has 0 saturated heterocycles. The molecule has 0 bridgehead atoms. The Kier molecular flexibility index (Phi) is 4.60. The molecule has 0 spiro atoms. The normalized spacial score (nSPS) is 10.2. The fourth-order valence-electron chi connectivity index (χ4n) is 2.31. The van der Waals surface area contributed by atoms with Crippen molar-refractivity contribution in [2.45, 2.75) is 4.90 Å². The van der Waals surface area contributed by atoms with Gasteiger partial charge in [-0.15, -0.1) is 11.8 Å². The lowest BCUT2D eigenvalue weighted by Crippen LogP contribution is -2.11. The van der Waals surface area contributed by atoms with Crippen LogP contribution in [0, 0.1) is 11.3 Å². The van der Waals surface area contributed by atoms with Crippen molar-refractivity contribution >= 4 is 34.1 Å². The number of hydrogen-bond donors (Lipinski definition) is 1. The van der Waals surface area contributed by atoms with E-state index in [9.17, 15) is 4.79 Å². The highest BCUT2D eigenvalue weighted by Crippen LogP contribution is 2.22. The van der Waals surface area contributed by atoms with E-state index < -0.39 is 0 Å². The summed E-state index contributed by atoms with van der Waals surface area (Å²) in [6, 6.07) is 23.2. The number of carbonyl (C=O) groups excluding carboxylic acids is 1. The van der Waals surface area contributed by atoms with Crippen LogP contribution in [0.3, 0.4) is 0 Å². The van der Waals surface area contributed by atoms with Crippen LogP contribution in [0.1, 0.15) is 10.4 Å². The minimum absolute atomic E-state index is 0.141. The smallest absolute Gasteiger partial charge is 0.255 e. The van der Waals surface area contributed by atoms with Crippen molar-refractivity contribution in [1.82, 2.24) is 0 Å². The molecule has 0 aliphatic rings. The summed E-state index contributed by atoms with van der Waals surface area (Å²) in [5.74, 6) is 0.250. The van der Waals surface area contributed by atoms with Gasteiger partial charge in [-0.25, -0.2) is 0 Å². The Hall–Kier alpha value is -2.77. The molecule has 0 aliphatic heterocycles. The number of rotatable bonds is 4. The maximum atomic E-state index is 12.4. The van der Waals surface area contributed by atoms with Crippen LogP contribution in [0.15, 0.2) is 71.6 Å². The number of hydrogen-bond acceptors (Lipinski definition) is 3. The molecule has 0 aromatic heterocycles. The lowest BCUT2D eigenvalue weighted by Gasteiger charge is -2.07. The molecule has 3 nitrogen and oxygen atoms in total. The molecule has 0 aliphatic carbocycles. The van der Waals surface area contributed by atoms with Crippen molar-refractivity contribution in [1.29, 1.82) is 5.26 Å². The first kappa shape index (κ1) is 15.1. The predicted octanol–water partition coefficient (Wildman–Crippen LogP) is 4.71. The van der Waals surface area contributed by atoms with Gasteiger partial charge in [0, 0.05) is 16.1 Å². The molecule has 0 fully saturated rings. The highest BCUT2D eigenvalue weighted by Gasteiger charge is 2.07. The van der Waals surface area contributed by atoms with Crippen LogP contribution in [0.25, 0.3) is 10.8 Å². The molecule has 0 radical (unpaired) electrons. The van der Waals surface area contributed by atoms with Gasteiger partial charge in [0.2, 0.25) is 0 Å². The number of amides is 1. The van der Waals surface area contributed by atoms with Gasteiger partial charge in [-0.2, -0.15) is 5.26 Å². The maximum absolute atomic E-state index is 12.4. The summed E-state index contributed by atoms with van der Waals surface area (Å²) in [7, 11) is 0. The van der Waals surface area contributed by atoms with Crippen LogP contribution >= 0.6 is 11.8 Å². The minimum Gasteiger partial charge on any atom is -0.322 e. The number of nitrogens with one attached hydrogen (secondary N) is 1. The SMILES string of the molecule is N#CCSc1cccc(NC(=O)c2ccc3ccccc3c2)c1. The van der Waals surface area contributed by atoms with Gasteiger partial charge < -0.3 is 5.32 Å². The summed E-state index contributed by atoms with van der Waals surface area (Å²) in [6.07, 6.45) is 0. The second kappa shape index (κ2) is 6.99. The number of anilines is 1. The number of nitrogens with zero attached hydrogens (tertiary/aromatic N) is 1. The van der Waals surface area contributed by atoms with E-state index in [0.29, 0.717) is 11.3 Å². The van der Waals surface area contributed by atoms with Gasteiger partial charge in [0.05, 0.1) is 11.8 Å². The summed E-state index contributed by atoms with van der Waals surface area (Å²) < 4.78 is 0. The number of fused-ring (bicyclic) bond motifs is 1. The molecule has 23 heavy (non-hydrogen) atoms. The topological polar surface area (TPSA) is 52.9 Å². The number of nitriles is 1. The summed E-state index contributed by atoms with van der Waals surface area (Å²) in [5, 5.41) is 13.7. The third kappa shape index (κ3) is 3.71. The third-order valence-electron chi connectivity index (χ3n) is 3.41. The van der Waals surface area contributed by atoms with Crippen molar-refractivity contribution in [3.63, 3.8) is 0 Å². The van der Waals surface area contributed by atoms with Gasteiger partial charge >= 0.3 is 0 Å². The zero-order valence-corrected chi connectivity index (χ0v) is 13.1. The van der Waals surface area contributed by atoms with Crippen molar-refractivity contribution in [2.24, 2.45) is 0 Å². The number of thioether (sulfide) groups is 1. The molecule has 1 N–H and O–H groups in total. The van der Waals surface area contributed by atoms with E-state index in [4.69, 9.17) is 5.26 Å². The first-order valence-corrected chi connectivity index (χ1v) is 8.15. The number of carbonyl (C=O) groups is 1. The minimum atomic E-state index is -0.141. The quantitative estimate of drug-likeness (QED) is 0.709. The Morgan fingerprint density at radius 2 is 1.83 bits per heavy atom. The van der Waals surface area contributed by atoms with Crippen LogP contribution in [0.4, 0.5) is 5.69 Å². The molecule has 3 rings (SSSR count). The standard InChI is InChI=1S/C19H14N2OS/c20-10-11-23-18-7-3-6-17(13-18)21-19(22)16-9-8-14-4-1-2-5-15(14)12-16/h1-9,12-13H,11H2,(H,21,22). The molecule has 3 aromatic rings. The summed E-state index contributed by atoms with van der Waals surface area (Å²) >= 11 is 1.45. The molecular formula is C19H14N2OS. The van der Waals surface area contributed by atoms with Crippen molar-refractivity contribution < 1.29 is 4.79 Å². The van der Waals surface area contributed by atoms with Gasteiger partial charge in [-0.05, 0) is 41.1 Å². The van der Waals surface area contributed by atoms with Gasteiger partial charge in [0.25, 0.3) is 5.91 Å². The van der Waals surface area contributed by atoms with E-state index >= 15 is 0 Å². The van der Waals surface area contributed by atoms with Crippen LogP contribution in [0.2, 0.25) is 0 Å². The van der Waals surface area contributed by atoms with Crippen molar-refractivity contribution in [3.8, 4) is 6.07 Å². The summed E-state index contributed by atoms with van der Waals surface area (Å²) in [4.78, 5) is 13.4. The molecule has 1 amide bonds. The van der Waals surface area contributed by atoms with E-state index in [0.717, 1.165) is 21.4 Å². The van der Waals surface area contributed by atoms with Gasteiger partial charge in [-0.1, -0.05) is 36.4 Å². The Bertz CT molecular complexity index is 899. The molecule has 0 heterocycles. The van der Waals surface area contributed by atoms with Gasteiger partial charge in [0.1, 0.15) is 0 Å². The van der Waals surface area contributed by atoms with Crippen LogP contribution < -0.4 is 5.32 Å². The monoisotopic (exact) mass is 318 g/mol. The second-order valence-corrected chi connectivity index (χ2v) is 6.04. The third-order valence-corrected chi connectivity index (χ3v) is 4.27. The molecule has 0 atom stereocenters. The van der Waals surface area contributed by atoms with E-state index in [2.05, 4.69) is 11.4 Å².